The quantitative estimate of drug-likeness (QED) is 0.364. The summed E-state index contributed by atoms with van der Waals surface area (Å²) in [5.74, 6) is 0.835. The fourth-order valence-corrected chi connectivity index (χ4v) is 6.42. The van der Waals surface area contributed by atoms with Gasteiger partial charge in [0.05, 0.1) is 11.2 Å². The summed E-state index contributed by atoms with van der Waals surface area (Å²) in [6.07, 6.45) is 8.99. The molecule has 7 rings (SSSR count). The van der Waals surface area contributed by atoms with Crippen LogP contribution in [0.15, 0.2) is 66.9 Å². The number of H-pyrrole nitrogens is 1. The SMILES string of the molecule is CN1[C@@H]2CC[C@H]1C[C@@H](Oc1ccc(-c3n[nH]c4ccc(C(=O)NCC5(c6ccccn6)CC5)cc34)cc1)C2. The first kappa shape index (κ1) is 23.4. The van der Waals surface area contributed by atoms with Crippen molar-refractivity contribution in [3.05, 3.63) is 78.1 Å². The monoisotopic (exact) mass is 507 g/mol. The lowest BCUT2D eigenvalue weighted by atomic mass is 10.0. The van der Waals surface area contributed by atoms with Gasteiger partial charge >= 0.3 is 0 Å². The number of nitrogens with zero attached hydrogens (tertiary/aromatic N) is 3. The second-order valence-corrected chi connectivity index (χ2v) is 11.3. The van der Waals surface area contributed by atoms with Gasteiger partial charge in [0.25, 0.3) is 5.91 Å². The maximum Gasteiger partial charge on any atom is 0.251 e. The maximum atomic E-state index is 13.1. The zero-order valence-electron chi connectivity index (χ0n) is 21.7. The average molecular weight is 508 g/mol. The lowest BCUT2D eigenvalue weighted by Crippen LogP contribution is -2.43. The van der Waals surface area contributed by atoms with E-state index in [1.54, 1.807) is 0 Å². The molecule has 1 amide bonds. The first-order valence-corrected chi connectivity index (χ1v) is 13.7. The minimum absolute atomic E-state index is 0.0290. The Bertz CT molecular complexity index is 1450. The molecular weight excluding hydrogens is 474 g/mol. The number of hydrogen-bond donors (Lipinski definition) is 2. The van der Waals surface area contributed by atoms with Crippen LogP contribution in [0, 0.1) is 0 Å². The van der Waals surface area contributed by atoms with Crippen molar-refractivity contribution in [1.29, 1.82) is 0 Å². The van der Waals surface area contributed by atoms with Crippen LogP contribution in [0.2, 0.25) is 0 Å². The number of aromatic amines is 1. The second kappa shape index (κ2) is 9.24. The van der Waals surface area contributed by atoms with Gasteiger partial charge in [-0.2, -0.15) is 5.10 Å². The summed E-state index contributed by atoms with van der Waals surface area (Å²) >= 11 is 0. The number of ether oxygens (including phenoxy) is 1. The Morgan fingerprint density at radius 1 is 1.08 bits per heavy atom. The third kappa shape index (κ3) is 4.25. The Balaban J connectivity index is 1.05. The van der Waals surface area contributed by atoms with E-state index in [2.05, 4.69) is 50.6 Å². The van der Waals surface area contributed by atoms with E-state index in [0.29, 0.717) is 24.2 Å². The lowest BCUT2D eigenvalue weighted by molar-refractivity contribution is 0.0662. The van der Waals surface area contributed by atoms with Crippen LogP contribution < -0.4 is 10.1 Å². The van der Waals surface area contributed by atoms with Gasteiger partial charge < -0.3 is 15.0 Å². The Kier molecular flexibility index (Phi) is 5.69. The Labute approximate surface area is 222 Å². The molecule has 2 N–H and O–H groups in total. The Morgan fingerprint density at radius 2 is 1.87 bits per heavy atom. The molecule has 4 heterocycles. The van der Waals surface area contributed by atoms with E-state index < -0.39 is 0 Å². The number of rotatable bonds is 7. The Morgan fingerprint density at radius 3 is 2.58 bits per heavy atom. The van der Waals surface area contributed by atoms with Gasteiger partial charge in [0, 0.05) is 52.4 Å². The highest BCUT2D eigenvalue weighted by Crippen LogP contribution is 2.46. The zero-order valence-corrected chi connectivity index (χ0v) is 21.7. The summed E-state index contributed by atoms with van der Waals surface area (Å²) in [5.41, 5.74) is 4.41. The molecule has 1 saturated carbocycles. The minimum Gasteiger partial charge on any atom is -0.490 e. The van der Waals surface area contributed by atoms with Crippen LogP contribution in [-0.2, 0) is 5.41 Å². The standard InChI is InChI=1S/C31H33N5O2/c1-36-22-8-9-23(36)18-25(17-22)38-24-10-5-20(6-11-24)29-26-16-21(7-12-27(26)34-35-29)30(37)33-19-31(13-14-31)28-4-2-3-15-32-28/h2-7,10-12,15-16,22-23,25H,8-9,13-14,17-19H2,1H3,(H,33,37)(H,34,35)/t22-,23+,25+. The number of aromatic nitrogens is 3. The van der Waals surface area contributed by atoms with Crippen molar-refractivity contribution in [1.82, 2.24) is 25.4 Å². The van der Waals surface area contributed by atoms with Crippen molar-refractivity contribution in [2.45, 2.75) is 62.1 Å². The van der Waals surface area contributed by atoms with Crippen LogP contribution >= 0.6 is 0 Å². The van der Waals surface area contributed by atoms with Crippen molar-refractivity contribution in [3.63, 3.8) is 0 Å². The predicted octanol–water partition coefficient (Wildman–Crippen LogP) is 5.09. The highest BCUT2D eigenvalue weighted by molar-refractivity contribution is 6.01. The molecule has 7 nitrogen and oxygen atoms in total. The number of carbonyl (C=O) groups is 1. The van der Waals surface area contributed by atoms with Crippen molar-refractivity contribution >= 4 is 16.8 Å². The first-order valence-electron chi connectivity index (χ1n) is 13.7. The minimum atomic E-state index is -0.0721. The number of benzene rings is 2. The number of nitrogens with one attached hydrogen (secondary N) is 2. The summed E-state index contributed by atoms with van der Waals surface area (Å²) in [5, 5.41) is 11.8. The van der Waals surface area contributed by atoms with Gasteiger partial charge in [0.15, 0.2) is 0 Å². The highest BCUT2D eigenvalue weighted by atomic mass is 16.5. The van der Waals surface area contributed by atoms with E-state index in [-0.39, 0.29) is 17.4 Å². The van der Waals surface area contributed by atoms with Crippen LogP contribution in [-0.4, -0.2) is 57.8 Å². The summed E-state index contributed by atoms with van der Waals surface area (Å²) in [6, 6.07) is 21.2. The van der Waals surface area contributed by atoms with Crippen LogP contribution in [0.25, 0.3) is 22.2 Å². The molecule has 2 aromatic carbocycles. The molecule has 194 valence electrons. The predicted molar refractivity (Wildman–Crippen MR) is 147 cm³/mol. The molecule has 2 bridgehead atoms. The number of piperidine rings is 1. The molecule has 1 aliphatic carbocycles. The zero-order chi connectivity index (χ0) is 25.7. The number of pyridine rings is 1. The third-order valence-electron chi connectivity index (χ3n) is 8.96. The van der Waals surface area contributed by atoms with E-state index in [1.807, 2.05) is 48.7 Å². The third-order valence-corrected chi connectivity index (χ3v) is 8.96. The van der Waals surface area contributed by atoms with Crippen molar-refractivity contribution in [2.75, 3.05) is 13.6 Å². The molecule has 4 aromatic rings. The molecule has 2 saturated heterocycles. The molecule has 7 heteroatoms. The summed E-state index contributed by atoms with van der Waals surface area (Å²) in [4.78, 5) is 20.1. The smallest absolute Gasteiger partial charge is 0.251 e. The lowest BCUT2D eigenvalue weighted by Gasteiger charge is -2.36. The van der Waals surface area contributed by atoms with Crippen molar-refractivity contribution < 1.29 is 9.53 Å². The molecular formula is C31H33N5O2. The maximum absolute atomic E-state index is 13.1. The summed E-state index contributed by atoms with van der Waals surface area (Å²) in [6.45, 7) is 0.597. The molecule has 0 spiro atoms. The fourth-order valence-electron chi connectivity index (χ4n) is 6.42. The van der Waals surface area contributed by atoms with Crippen LogP contribution in [0.1, 0.15) is 54.6 Å². The molecule has 0 radical (unpaired) electrons. The second-order valence-electron chi connectivity index (χ2n) is 11.3. The number of amides is 1. The van der Waals surface area contributed by atoms with Crippen LogP contribution in [0.5, 0.6) is 5.75 Å². The molecule has 3 atom stereocenters. The molecule has 0 unspecified atom stereocenters. The van der Waals surface area contributed by atoms with E-state index in [9.17, 15) is 4.79 Å². The average Bonchev–Trinajstić information content (AvgIpc) is 3.59. The normalized spacial score (nSPS) is 23.9. The van der Waals surface area contributed by atoms with Gasteiger partial charge in [-0.25, -0.2) is 0 Å². The van der Waals surface area contributed by atoms with Crippen LogP contribution in [0.4, 0.5) is 0 Å². The van der Waals surface area contributed by atoms with Gasteiger partial charge in [-0.15, -0.1) is 0 Å². The number of fused-ring (bicyclic) bond motifs is 3. The van der Waals surface area contributed by atoms with Gasteiger partial charge in [-0.1, -0.05) is 6.07 Å². The highest BCUT2D eigenvalue weighted by Gasteiger charge is 2.45. The number of hydrogen-bond acceptors (Lipinski definition) is 5. The molecule has 38 heavy (non-hydrogen) atoms. The van der Waals surface area contributed by atoms with E-state index in [0.717, 1.165) is 59.3 Å². The summed E-state index contributed by atoms with van der Waals surface area (Å²) in [7, 11) is 2.25. The van der Waals surface area contributed by atoms with Gasteiger partial charge in [-0.3, -0.25) is 14.9 Å². The van der Waals surface area contributed by atoms with E-state index in [4.69, 9.17) is 4.74 Å². The van der Waals surface area contributed by atoms with Crippen molar-refractivity contribution in [3.8, 4) is 17.0 Å². The topological polar surface area (TPSA) is 83.1 Å². The molecule has 2 aliphatic heterocycles. The van der Waals surface area contributed by atoms with Gasteiger partial charge in [0.2, 0.25) is 0 Å². The Hall–Kier alpha value is -3.71. The molecule has 2 aromatic heterocycles. The fraction of sp³-hybridized carbons (Fsp3) is 0.387. The van der Waals surface area contributed by atoms with Crippen LogP contribution in [0.3, 0.4) is 0 Å². The van der Waals surface area contributed by atoms with Crippen molar-refractivity contribution in [2.24, 2.45) is 0 Å². The van der Waals surface area contributed by atoms with E-state index in [1.165, 1.54) is 12.8 Å². The van der Waals surface area contributed by atoms with Gasteiger partial charge in [0.1, 0.15) is 11.9 Å². The summed E-state index contributed by atoms with van der Waals surface area (Å²) < 4.78 is 6.37. The largest absolute Gasteiger partial charge is 0.490 e. The molecule has 3 aliphatic rings. The van der Waals surface area contributed by atoms with Gasteiger partial charge in [-0.05, 0) is 100 Å². The van der Waals surface area contributed by atoms with E-state index >= 15 is 0 Å². The number of carbonyl (C=O) groups excluding carboxylic acids is 1. The first-order chi connectivity index (χ1) is 18.6. The molecule has 3 fully saturated rings.